The highest BCUT2D eigenvalue weighted by Crippen LogP contribution is 2.24. The number of nitrogens with zero attached hydrogens (tertiary/aromatic N) is 4. The number of nitrogens with one attached hydrogen (secondary N) is 2. The van der Waals surface area contributed by atoms with Crippen LogP contribution in [0.25, 0.3) is 11.4 Å². The Kier molecular flexibility index (Phi) is 14.1. The van der Waals surface area contributed by atoms with E-state index >= 15 is 0 Å². The highest BCUT2D eigenvalue weighted by Gasteiger charge is 2.44. The zero-order valence-electron chi connectivity index (χ0n) is 26.7. The van der Waals surface area contributed by atoms with E-state index in [0.29, 0.717) is 11.6 Å². The Morgan fingerprint density at radius 3 is 2.14 bits per heavy atom. The first-order valence-electron chi connectivity index (χ1n) is 15.6. The van der Waals surface area contributed by atoms with E-state index in [1.54, 1.807) is 13.0 Å². The predicted octanol–water partition coefficient (Wildman–Crippen LogP) is 3.55. The predicted molar refractivity (Wildman–Crippen MR) is 169 cm³/mol. The maximum Gasteiger partial charge on any atom is 0.522 e. The lowest BCUT2D eigenvalue weighted by molar-refractivity contribution is -0.138. The van der Waals surface area contributed by atoms with Crippen LogP contribution in [0, 0.1) is 0 Å². The van der Waals surface area contributed by atoms with Crippen LogP contribution in [0.15, 0.2) is 36.4 Å². The van der Waals surface area contributed by atoms with Crippen molar-refractivity contribution in [1.82, 2.24) is 25.1 Å². The van der Waals surface area contributed by atoms with Crippen molar-refractivity contribution in [2.24, 2.45) is 0 Å². The number of piperazine rings is 1. The number of carbonyl (C=O) groups is 4. The maximum atomic E-state index is 13.5. The van der Waals surface area contributed by atoms with Gasteiger partial charge in [0.15, 0.2) is 5.82 Å². The van der Waals surface area contributed by atoms with Gasteiger partial charge < -0.3 is 30.3 Å². The molecule has 4 rings (SSSR count). The van der Waals surface area contributed by atoms with Crippen molar-refractivity contribution >= 4 is 39.8 Å². The maximum absolute atomic E-state index is 13.5. The summed E-state index contributed by atoms with van der Waals surface area (Å²) < 4.78 is 62.6. The van der Waals surface area contributed by atoms with Crippen molar-refractivity contribution in [2.75, 3.05) is 38.1 Å². The molecule has 2 heterocycles. The smallest absolute Gasteiger partial charge is 0.481 e. The lowest BCUT2D eigenvalue weighted by Crippen LogP contribution is -2.56. The number of aliphatic carboxylic acids is 1. The molecule has 2 aromatic rings. The SMILES string of the molecule is CCOC(=O)N1CCN(C(=O)[C@H](CCC(=O)O)NC(=O)c2cc(NC3CCCCC3)nc(-c3ccccc3)n2)CC1.O=S(=O)(O)C(F)(F)F. The van der Waals surface area contributed by atoms with Crippen LogP contribution in [0.2, 0.25) is 0 Å². The molecule has 3 amide bonds. The Morgan fingerprint density at radius 2 is 1.59 bits per heavy atom. The van der Waals surface area contributed by atoms with Crippen LogP contribution in [-0.4, -0.2) is 112 Å². The van der Waals surface area contributed by atoms with E-state index in [0.717, 1.165) is 31.2 Å². The van der Waals surface area contributed by atoms with Gasteiger partial charge in [-0.05, 0) is 26.2 Å². The number of halogens is 3. The fourth-order valence-electron chi connectivity index (χ4n) is 5.11. The Bertz CT molecular complexity index is 1550. The summed E-state index contributed by atoms with van der Waals surface area (Å²) >= 11 is 0. The van der Waals surface area contributed by atoms with Gasteiger partial charge in [-0.3, -0.25) is 18.9 Å². The van der Waals surface area contributed by atoms with E-state index in [4.69, 9.17) is 17.7 Å². The average Bonchev–Trinajstić information content (AvgIpc) is 3.06. The molecule has 1 aromatic carbocycles. The lowest BCUT2D eigenvalue weighted by atomic mass is 9.95. The molecule has 0 spiro atoms. The molecule has 1 saturated carbocycles. The van der Waals surface area contributed by atoms with Crippen LogP contribution < -0.4 is 10.6 Å². The first-order valence-corrected chi connectivity index (χ1v) is 17.0. The number of hydrogen-bond donors (Lipinski definition) is 4. The highest BCUT2D eigenvalue weighted by molar-refractivity contribution is 7.86. The first kappa shape index (κ1) is 38.9. The Balaban J connectivity index is 0.000000723. The molecule has 270 valence electrons. The van der Waals surface area contributed by atoms with Crippen molar-refractivity contribution in [2.45, 2.75) is 69.5 Å². The minimum atomic E-state index is -5.84. The van der Waals surface area contributed by atoms with Crippen molar-refractivity contribution in [3.8, 4) is 11.4 Å². The first-order chi connectivity index (χ1) is 23.1. The average molecular weight is 717 g/mol. The van der Waals surface area contributed by atoms with Crippen molar-refractivity contribution in [3.63, 3.8) is 0 Å². The number of anilines is 1. The van der Waals surface area contributed by atoms with Gasteiger partial charge in [0.2, 0.25) is 5.91 Å². The zero-order chi connectivity index (χ0) is 36.2. The number of benzene rings is 1. The third kappa shape index (κ3) is 12.1. The monoisotopic (exact) mass is 716 g/mol. The van der Waals surface area contributed by atoms with Gasteiger partial charge in [0.05, 0.1) is 6.61 Å². The van der Waals surface area contributed by atoms with E-state index in [-0.39, 0.29) is 57.4 Å². The summed E-state index contributed by atoms with van der Waals surface area (Å²) in [4.78, 5) is 62.5. The Morgan fingerprint density at radius 1 is 1.00 bits per heavy atom. The second kappa shape index (κ2) is 17.8. The second-order valence-electron chi connectivity index (χ2n) is 11.2. The number of hydrogen-bond acceptors (Lipinski definition) is 10. The summed E-state index contributed by atoms with van der Waals surface area (Å²) in [7, 11) is -5.84. The number of carbonyl (C=O) groups excluding carboxylic acids is 3. The molecule has 0 bridgehead atoms. The number of amides is 3. The van der Waals surface area contributed by atoms with Gasteiger partial charge >= 0.3 is 27.7 Å². The number of aromatic nitrogens is 2. The third-order valence-electron chi connectivity index (χ3n) is 7.61. The van der Waals surface area contributed by atoms with Gasteiger partial charge in [0, 0.05) is 50.3 Å². The summed E-state index contributed by atoms with van der Waals surface area (Å²) in [6, 6.07) is 10.1. The fourth-order valence-corrected chi connectivity index (χ4v) is 5.11. The van der Waals surface area contributed by atoms with E-state index in [1.165, 1.54) is 16.2 Å². The fraction of sp³-hybridized carbons (Fsp3) is 0.533. The van der Waals surface area contributed by atoms with Gasteiger partial charge in [0.25, 0.3) is 5.91 Å². The molecule has 1 aliphatic heterocycles. The van der Waals surface area contributed by atoms with Gasteiger partial charge in [0.1, 0.15) is 17.6 Å². The van der Waals surface area contributed by atoms with Crippen LogP contribution in [0.1, 0.15) is 62.4 Å². The molecule has 1 aliphatic carbocycles. The summed E-state index contributed by atoms with van der Waals surface area (Å²) in [5.74, 6) is -1.16. The number of rotatable bonds is 10. The summed E-state index contributed by atoms with van der Waals surface area (Å²) in [6.45, 7) is 3.05. The van der Waals surface area contributed by atoms with E-state index in [9.17, 15) is 37.5 Å². The van der Waals surface area contributed by atoms with Crippen LogP contribution in [-0.2, 0) is 24.4 Å². The highest BCUT2D eigenvalue weighted by atomic mass is 32.2. The van der Waals surface area contributed by atoms with Crippen LogP contribution in [0.5, 0.6) is 0 Å². The minimum Gasteiger partial charge on any atom is -0.481 e. The standard InChI is InChI=1S/C29H38N6O6.CHF3O3S/c1-2-41-29(40)35-17-15-34(16-18-35)28(39)22(13-14-25(36)37)32-27(38)23-19-24(30-21-11-7-4-8-12-21)33-26(31-23)20-9-5-3-6-10-20;2-1(3,4)8(5,6)7/h3,5-6,9-10,19,21-22H,2,4,7-8,11-18H2,1H3,(H,32,38)(H,36,37)(H,30,31,33);(H,5,6,7)/t22-;/m0./s1. The molecule has 4 N–H and O–H groups in total. The molecular formula is C30H39F3N6O9S. The molecular weight excluding hydrogens is 677 g/mol. The molecule has 15 nitrogen and oxygen atoms in total. The van der Waals surface area contributed by atoms with Crippen molar-refractivity contribution < 1.29 is 55.2 Å². The molecule has 2 aliphatic rings. The minimum absolute atomic E-state index is 0.0809. The molecule has 0 unspecified atom stereocenters. The van der Waals surface area contributed by atoms with Gasteiger partial charge in [-0.25, -0.2) is 14.8 Å². The summed E-state index contributed by atoms with van der Waals surface area (Å²) in [5, 5.41) is 15.5. The number of alkyl halides is 3. The quantitative estimate of drug-likeness (QED) is 0.206. The molecule has 1 atom stereocenters. The Hall–Kier alpha value is -4.52. The molecule has 1 aromatic heterocycles. The van der Waals surface area contributed by atoms with Crippen molar-refractivity contribution in [3.05, 3.63) is 42.1 Å². The normalized spacial score (nSPS) is 16.1. The van der Waals surface area contributed by atoms with E-state index in [2.05, 4.69) is 20.6 Å². The Labute approximate surface area is 281 Å². The van der Waals surface area contributed by atoms with Gasteiger partial charge in [-0.15, -0.1) is 0 Å². The summed E-state index contributed by atoms with van der Waals surface area (Å²) in [6.07, 6.45) is 4.67. The zero-order valence-corrected chi connectivity index (χ0v) is 27.5. The lowest BCUT2D eigenvalue weighted by Gasteiger charge is -2.35. The third-order valence-corrected chi connectivity index (χ3v) is 8.19. The van der Waals surface area contributed by atoms with Gasteiger partial charge in [-0.1, -0.05) is 49.6 Å². The molecule has 0 radical (unpaired) electrons. The van der Waals surface area contributed by atoms with Crippen LogP contribution in [0.4, 0.5) is 23.8 Å². The summed E-state index contributed by atoms with van der Waals surface area (Å²) in [5.41, 5.74) is -4.71. The van der Waals surface area contributed by atoms with Gasteiger partial charge in [-0.2, -0.15) is 21.6 Å². The van der Waals surface area contributed by atoms with Crippen LogP contribution >= 0.6 is 0 Å². The number of ether oxygens (including phenoxy) is 1. The van der Waals surface area contributed by atoms with E-state index in [1.807, 2.05) is 30.3 Å². The molecule has 1 saturated heterocycles. The number of carboxylic acids is 1. The van der Waals surface area contributed by atoms with E-state index < -0.39 is 45.5 Å². The number of carboxylic acid groups (broad SMARTS) is 1. The van der Waals surface area contributed by atoms with Crippen molar-refractivity contribution in [1.29, 1.82) is 0 Å². The molecule has 19 heteroatoms. The topological polar surface area (TPSA) is 208 Å². The molecule has 2 fully saturated rings. The second-order valence-corrected chi connectivity index (χ2v) is 12.6. The largest absolute Gasteiger partial charge is 0.522 e. The van der Waals surface area contributed by atoms with Crippen LogP contribution in [0.3, 0.4) is 0 Å². The molecule has 49 heavy (non-hydrogen) atoms.